The molecule has 0 spiro atoms. The van der Waals surface area contributed by atoms with Gasteiger partial charge in [-0.1, -0.05) is 23.7 Å². The molecule has 1 aromatic carbocycles. The number of aliphatic carboxylic acids is 1. The van der Waals surface area contributed by atoms with Gasteiger partial charge in [-0.3, -0.25) is 9.59 Å². The molecule has 1 saturated heterocycles. The molecule has 1 amide bonds. The number of hydrogen-bond donors (Lipinski definition) is 1. The van der Waals surface area contributed by atoms with Crippen LogP contribution in [0.15, 0.2) is 24.3 Å². The lowest BCUT2D eigenvalue weighted by molar-refractivity contribution is -0.144. The van der Waals surface area contributed by atoms with Crippen LogP contribution in [0.3, 0.4) is 0 Å². The van der Waals surface area contributed by atoms with Crippen molar-refractivity contribution in [3.05, 3.63) is 29.3 Å². The molecule has 1 aliphatic rings. The Morgan fingerprint density at radius 3 is 2.83 bits per heavy atom. The van der Waals surface area contributed by atoms with Gasteiger partial charge in [0.15, 0.2) is 6.10 Å². The van der Waals surface area contributed by atoms with Gasteiger partial charge in [0.05, 0.1) is 5.02 Å². The predicted octanol–water partition coefficient (Wildman–Crippen LogP) is 3.35. The van der Waals surface area contributed by atoms with E-state index in [2.05, 4.69) is 0 Å². The minimum atomic E-state index is -0.830. The molecule has 0 aliphatic carbocycles. The number of carboxylic acids is 1. The first kappa shape index (κ1) is 17.6. The van der Waals surface area contributed by atoms with Crippen LogP contribution < -0.4 is 4.74 Å². The Labute approximate surface area is 141 Å². The van der Waals surface area contributed by atoms with E-state index in [-0.39, 0.29) is 18.4 Å². The third kappa shape index (κ3) is 4.86. The summed E-state index contributed by atoms with van der Waals surface area (Å²) >= 11 is 6.06. The van der Waals surface area contributed by atoms with Gasteiger partial charge >= 0.3 is 5.97 Å². The normalized spacial score (nSPS) is 19.2. The molecule has 1 fully saturated rings. The molecular weight excluding hydrogens is 318 g/mol. The van der Waals surface area contributed by atoms with Crippen molar-refractivity contribution in [3.63, 3.8) is 0 Å². The minimum absolute atomic E-state index is 0.0235. The van der Waals surface area contributed by atoms with E-state index in [9.17, 15) is 9.59 Å². The van der Waals surface area contributed by atoms with Crippen molar-refractivity contribution in [1.29, 1.82) is 0 Å². The number of likely N-dealkylation sites (tertiary alicyclic amines) is 1. The summed E-state index contributed by atoms with van der Waals surface area (Å²) in [6, 6.07) is 7.02. The van der Waals surface area contributed by atoms with Gasteiger partial charge in [0.2, 0.25) is 0 Å². The molecule has 1 N–H and O–H groups in total. The van der Waals surface area contributed by atoms with Crippen molar-refractivity contribution in [2.75, 3.05) is 6.54 Å². The second-order valence-electron chi connectivity index (χ2n) is 5.80. The first-order chi connectivity index (χ1) is 11.0. The Bertz CT molecular complexity index is 563. The van der Waals surface area contributed by atoms with E-state index in [1.54, 1.807) is 36.1 Å². The third-order valence-corrected chi connectivity index (χ3v) is 4.40. The number of halogens is 1. The van der Waals surface area contributed by atoms with Gasteiger partial charge in [0, 0.05) is 19.0 Å². The van der Waals surface area contributed by atoms with E-state index < -0.39 is 12.1 Å². The number of para-hydroxylation sites is 1. The lowest BCUT2D eigenvalue weighted by Gasteiger charge is -2.37. The number of rotatable bonds is 6. The van der Waals surface area contributed by atoms with Crippen LogP contribution in [0, 0.1) is 0 Å². The molecule has 0 radical (unpaired) electrons. The molecule has 0 aromatic heterocycles. The zero-order chi connectivity index (χ0) is 16.8. The molecular formula is C17H22ClNO4. The highest BCUT2D eigenvalue weighted by atomic mass is 35.5. The molecule has 2 unspecified atom stereocenters. The first-order valence-electron chi connectivity index (χ1n) is 7.92. The summed E-state index contributed by atoms with van der Waals surface area (Å²) < 4.78 is 5.69. The van der Waals surface area contributed by atoms with Crippen LogP contribution in [0.2, 0.25) is 5.02 Å². The number of ether oxygens (including phenoxy) is 1. The Hall–Kier alpha value is -1.75. The quantitative estimate of drug-likeness (QED) is 0.863. The molecule has 5 nitrogen and oxygen atoms in total. The summed E-state index contributed by atoms with van der Waals surface area (Å²) in [6.45, 7) is 2.36. The van der Waals surface area contributed by atoms with Gasteiger partial charge < -0.3 is 14.7 Å². The van der Waals surface area contributed by atoms with Crippen LogP contribution in [0.25, 0.3) is 0 Å². The molecule has 1 aliphatic heterocycles. The Morgan fingerprint density at radius 2 is 2.13 bits per heavy atom. The van der Waals surface area contributed by atoms with E-state index in [1.807, 2.05) is 0 Å². The average molecular weight is 340 g/mol. The van der Waals surface area contributed by atoms with Gasteiger partial charge in [-0.2, -0.15) is 0 Å². The van der Waals surface area contributed by atoms with Gasteiger partial charge in [0.25, 0.3) is 5.91 Å². The molecule has 0 bridgehead atoms. The maximum Gasteiger partial charge on any atom is 0.303 e. The largest absolute Gasteiger partial charge is 0.481 e. The van der Waals surface area contributed by atoms with E-state index in [1.165, 1.54) is 0 Å². The topological polar surface area (TPSA) is 66.8 Å². The van der Waals surface area contributed by atoms with Crippen molar-refractivity contribution < 1.29 is 19.4 Å². The molecule has 126 valence electrons. The Kier molecular flexibility index (Phi) is 6.28. The molecule has 1 aromatic rings. The second-order valence-corrected chi connectivity index (χ2v) is 6.21. The second kappa shape index (κ2) is 8.20. The Morgan fingerprint density at radius 1 is 1.39 bits per heavy atom. The molecule has 23 heavy (non-hydrogen) atoms. The van der Waals surface area contributed by atoms with Crippen LogP contribution in [-0.2, 0) is 9.59 Å². The summed E-state index contributed by atoms with van der Waals surface area (Å²) in [4.78, 5) is 25.2. The van der Waals surface area contributed by atoms with Crippen LogP contribution in [-0.4, -0.2) is 40.6 Å². The lowest BCUT2D eigenvalue weighted by Crippen LogP contribution is -2.49. The van der Waals surface area contributed by atoms with Crippen molar-refractivity contribution in [2.24, 2.45) is 0 Å². The molecule has 2 rings (SSSR count). The van der Waals surface area contributed by atoms with Crippen LogP contribution in [0.5, 0.6) is 5.75 Å². The van der Waals surface area contributed by atoms with Crippen molar-refractivity contribution >= 4 is 23.5 Å². The van der Waals surface area contributed by atoms with Gasteiger partial charge in [-0.25, -0.2) is 0 Å². The number of nitrogens with zero attached hydrogens (tertiary/aromatic N) is 1. The fourth-order valence-electron chi connectivity index (χ4n) is 2.90. The van der Waals surface area contributed by atoms with Crippen LogP contribution in [0.1, 0.15) is 39.0 Å². The highest BCUT2D eigenvalue weighted by molar-refractivity contribution is 6.32. The minimum Gasteiger partial charge on any atom is -0.481 e. The highest BCUT2D eigenvalue weighted by Gasteiger charge is 2.31. The maximum atomic E-state index is 12.7. The van der Waals surface area contributed by atoms with Crippen molar-refractivity contribution in [2.45, 2.75) is 51.2 Å². The average Bonchev–Trinajstić information content (AvgIpc) is 2.54. The van der Waals surface area contributed by atoms with Gasteiger partial charge in [-0.05, 0) is 44.7 Å². The number of carbonyl (C=O) groups is 2. The zero-order valence-electron chi connectivity index (χ0n) is 13.2. The van der Waals surface area contributed by atoms with Crippen LogP contribution >= 0.6 is 11.6 Å². The molecule has 2 atom stereocenters. The van der Waals surface area contributed by atoms with E-state index in [0.717, 1.165) is 19.3 Å². The predicted molar refractivity (Wildman–Crippen MR) is 87.8 cm³/mol. The van der Waals surface area contributed by atoms with E-state index in [0.29, 0.717) is 23.7 Å². The highest BCUT2D eigenvalue weighted by Crippen LogP contribution is 2.26. The molecule has 0 saturated carbocycles. The molecule has 1 heterocycles. The summed E-state index contributed by atoms with van der Waals surface area (Å²) in [5.41, 5.74) is 0. The van der Waals surface area contributed by atoms with E-state index in [4.69, 9.17) is 21.4 Å². The van der Waals surface area contributed by atoms with Crippen LogP contribution in [0.4, 0.5) is 0 Å². The fraction of sp³-hybridized carbons (Fsp3) is 0.529. The van der Waals surface area contributed by atoms with Crippen molar-refractivity contribution in [3.8, 4) is 5.75 Å². The summed E-state index contributed by atoms with van der Waals surface area (Å²) in [7, 11) is 0. The first-order valence-corrected chi connectivity index (χ1v) is 8.30. The number of piperidine rings is 1. The summed E-state index contributed by atoms with van der Waals surface area (Å²) in [6.07, 6.45) is 2.72. The smallest absolute Gasteiger partial charge is 0.303 e. The number of hydrogen-bond acceptors (Lipinski definition) is 3. The summed E-state index contributed by atoms with van der Waals surface area (Å²) in [5, 5.41) is 9.33. The number of carbonyl (C=O) groups excluding carboxylic acids is 1. The standard InChI is InChI=1S/C17H22ClNO4/c1-12(23-15-8-3-2-7-14(15)18)17(22)19-11-5-4-6-13(19)9-10-16(20)21/h2-3,7-8,12-13H,4-6,9-11H2,1H3,(H,20,21). The van der Waals surface area contributed by atoms with Crippen molar-refractivity contribution in [1.82, 2.24) is 4.90 Å². The summed E-state index contributed by atoms with van der Waals surface area (Å²) in [5.74, 6) is -0.461. The lowest BCUT2D eigenvalue weighted by atomic mass is 9.97. The maximum absolute atomic E-state index is 12.7. The Balaban J connectivity index is 2.01. The fourth-order valence-corrected chi connectivity index (χ4v) is 3.08. The number of benzene rings is 1. The number of amides is 1. The van der Waals surface area contributed by atoms with Gasteiger partial charge in [0.1, 0.15) is 5.75 Å². The third-order valence-electron chi connectivity index (χ3n) is 4.09. The number of carboxylic acid groups (broad SMARTS) is 1. The van der Waals surface area contributed by atoms with Gasteiger partial charge in [-0.15, -0.1) is 0 Å². The monoisotopic (exact) mass is 339 g/mol. The zero-order valence-corrected chi connectivity index (χ0v) is 14.0. The SMILES string of the molecule is CC(Oc1ccccc1Cl)C(=O)N1CCCCC1CCC(=O)O. The van der Waals surface area contributed by atoms with E-state index >= 15 is 0 Å². The molecule has 6 heteroatoms.